The van der Waals surface area contributed by atoms with E-state index in [1.807, 2.05) is 36.4 Å². The van der Waals surface area contributed by atoms with E-state index in [-0.39, 0.29) is 0 Å². The highest BCUT2D eigenvalue weighted by Crippen LogP contribution is 2.16. The molecule has 0 amide bonds. The summed E-state index contributed by atoms with van der Waals surface area (Å²) in [4.78, 5) is 12.0. The van der Waals surface area contributed by atoms with Crippen molar-refractivity contribution in [3.63, 3.8) is 0 Å². The molecule has 0 aliphatic carbocycles. The summed E-state index contributed by atoms with van der Waals surface area (Å²) in [5.41, 5.74) is 2.96. The van der Waals surface area contributed by atoms with Gasteiger partial charge in [0, 0.05) is 11.3 Å². The Morgan fingerprint density at radius 2 is 1.74 bits per heavy atom. The van der Waals surface area contributed by atoms with Crippen molar-refractivity contribution in [1.29, 1.82) is 0 Å². The van der Waals surface area contributed by atoms with Crippen LogP contribution in [0.15, 0.2) is 48.5 Å². The number of benzene rings is 2. The van der Waals surface area contributed by atoms with Crippen LogP contribution in [0, 0.1) is 11.8 Å². The van der Waals surface area contributed by atoms with Crippen molar-refractivity contribution >= 4 is 11.7 Å². The average molecular weight is 365 g/mol. The van der Waals surface area contributed by atoms with Crippen molar-refractivity contribution in [3.05, 3.63) is 59.7 Å². The zero-order valence-electron chi connectivity index (χ0n) is 16.2. The number of aryl methyl sites for hydroxylation is 1. The quantitative estimate of drug-likeness (QED) is 0.427. The number of unbranched alkanes of at least 4 members (excludes halogenated alkanes) is 2. The highest BCUT2D eigenvalue weighted by atomic mass is 16.5. The lowest BCUT2D eigenvalue weighted by Crippen LogP contribution is -2.29. The molecule has 0 heterocycles. The Morgan fingerprint density at radius 3 is 2.33 bits per heavy atom. The van der Waals surface area contributed by atoms with Gasteiger partial charge in [-0.2, -0.15) is 0 Å². The lowest BCUT2D eigenvalue weighted by Gasteiger charge is -2.12. The monoisotopic (exact) mass is 365 g/mol. The van der Waals surface area contributed by atoms with E-state index in [9.17, 15) is 4.79 Å². The van der Waals surface area contributed by atoms with Crippen molar-refractivity contribution < 1.29 is 14.3 Å². The number of carbonyl (C=O) groups is 1. The lowest BCUT2D eigenvalue weighted by atomic mass is 10.1. The van der Waals surface area contributed by atoms with Crippen molar-refractivity contribution in [3.8, 4) is 17.6 Å². The largest absolute Gasteiger partial charge is 0.497 e. The van der Waals surface area contributed by atoms with E-state index in [0.717, 1.165) is 23.4 Å². The molecule has 1 N–H and O–H groups in total. The average Bonchev–Trinajstić information content (AvgIpc) is 2.72. The fourth-order valence-corrected chi connectivity index (χ4v) is 2.62. The topological polar surface area (TPSA) is 47.6 Å². The minimum Gasteiger partial charge on any atom is -0.497 e. The van der Waals surface area contributed by atoms with E-state index in [0.29, 0.717) is 0 Å². The molecule has 4 heteroatoms. The van der Waals surface area contributed by atoms with Crippen LogP contribution in [0.5, 0.6) is 5.75 Å². The predicted octanol–water partition coefficient (Wildman–Crippen LogP) is 4.43. The Hall–Kier alpha value is -2.93. The molecule has 0 fully saturated rings. The number of hydrogen-bond donors (Lipinski definition) is 1. The Labute approximate surface area is 161 Å². The maximum absolute atomic E-state index is 12.0. The molecule has 0 saturated carbocycles. The molecule has 0 unspecified atom stereocenters. The van der Waals surface area contributed by atoms with E-state index in [4.69, 9.17) is 9.47 Å². The van der Waals surface area contributed by atoms with Gasteiger partial charge in [0.15, 0.2) is 6.04 Å². The van der Waals surface area contributed by atoms with Crippen molar-refractivity contribution in [2.75, 3.05) is 19.5 Å². The number of rotatable bonds is 8. The summed E-state index contributed by atoms with van der Waals surface area (Å²) in [5.74, 6) is 6.36. The van der Waals surface area contributed by atoms with E-state index in [2.05, 4.69) is 36.2 Å². The minimum atomic E-state index is -0.743. The molecule has 2 aromatic carbocycles. The van der Waals surface area contributed by atoms with Crippen LogP contribution in [0.3, 0.4) is 0 Å². The van der Waals surface area contributed by atoms with Crippen LogP contribution in [-0.4, -0.2) is 26.2 Å². The number of anilines is 1. The SMILES string of the molecule is CCCCCc1ccc(C#C[C@@H](Nc2ccc(OC)cc2)C(=O)OC)cc1. The first-order valence-electron chi connectivity index (χ1n) is 9.25. The van der Waals surface area contributed by atoms with Gasteiger partial charge in [0.05, 0.1) is 14.2 Å². The maximum atomic E-state index is 12.0. The summed E-state index contributed by atoms with van der Waals surface area (Å²) in [6.07, 6.45) is 4.77. The Bertz CT molecular complexity index is 770. The van der Waals surface area contributed by atoms with Gasteiger partial charge < -0.3 is 14.8 Å². The summed E-state index contributed by atoms with van der Waals surface area (Å²) < 4.78 is 10.0. The Balaban J connectivity index is 2.06. The highest BCUT2D eigenvalue weighted by Gasteiger charge is 2.16. The third-order valence-corrected chi connectivity index (χ3v) is 4.22. The van der Waals surface area contributed by atoms with E-state index in [1.54, 1.807) is 7.11 Å². The normalized spacial score (nSPS) is 11.1. The molecule has 1 atom stereocenters. The minimum absolute atomic E-state index is 0.422. The molecule has 2 aromatic rings. The Morgan fingerprint density at radius 1 is 1.04 bits per heavy atom. The van der Waals surface area contributed by atoms with Crippen molar-refractivity contribution in [2.24, 2.45) is 0 Å². The standard InChI is InChI=1S/C23H27NO3/c1-4-5-6-7-18-8-10-19(11-9-18)12-17-22(23(25)27-3)24-20-13-15-21(26-2)16-14-20/h8-11,13-16,22,24H,4-7H2,1-3H3/t22-/m1/s1. The molecule has 0 bridgehead atoms. The van der Waals surface area contributed by atoms with Crippen LogP contribution < -0.4 is 10.1 Å². The molecule has 4 nitrogen and oxygen atoms in total. The second-order valence-electron chi connectivity index (χ2n) is 6.25. The number of carbonyl (C=O) groups excluding carboxylic acids is 1. The highest BCUT2D eigenvalue weighted by molar-refractivity contribution is 5.83. The van der Waals surface area contributed by atoms with Gasteiger partial charge >= 0.3 is 5.97 Å². The van der Waals surface area contributed by atoms with Gasteiger partial charge in [-0.25, -0.2) is 4.79 Å². The number of hydrogen-bond acceptors (Lipinski definition) is 4. The van der Waals surface area contributed by atoms with Gasteiger partial charge in [-0.3, -0.25) is 0 Å². The van der Waals surface area contributed by atoms with E-state index in [1.165, 1.54) is 31.9 Å². The molecule has 0 aliphatic rings. The second kappa shape index (κ2) is 10.9. The van der Waals surface area contributed by atoms with Gasteiger partial charge in [-0.1, -0.05) is 43.7 Å². The van der Waals surface area contributed by atoms with Crippen molar-refractivity contribution in [2.45, 2.75) is 38.6 Å². The third-order valence-electron chi connectivity index (χ3n) is 4.22. The zero-order chi connectivity index (χ0) is 19.5. The van der Waals surface area contributed by atoms with Crippen LogP contribution in [0.25, 0.3) is 0 Å². The molecule has 0 spiro atoms. The van der Waals surface area contributed by atoms with Crippen LogP contribution in [0.4, 0.5) is 5.69 Å². The fourth-order valence-electron chi connectivity index (χ4n) is 2.62. The lowest BCUT2D eigenvalue weighted by molar-refractivity contribution is -0.140. The molecule has 0 saturated heterocycles. The molecular weight excluding hydrogens is 338 g/mol. The van der Waals surface area contributed by atoms with Gasteiger partial charge in [0.2, 0.25) is 0 Å². The first kappa shape index (κ1) is 20.4. The molecule has 142 valence electrons. The number of nitrogens with one attached hydrogen (secondary N) is 1. The molecule has 27 heavy (non-hydrogen) atoms. The first-order chi connectivity index (χ1) is 13.2. The van der Waals surface area contributed by atoms with Gasteiger partial charge in [-0.15, -0.1) is 0 Å². The van der Waals surface area contributed by atoms with Crippen molar-refractivity contribution in [1.82, 2.24) is 0 Å². The second-order valence-corrected chi connectivity index (χ2v) is 6.25. The summed E-state index contributed by atoms with van der Waals surface area (Å²) in [5, 5.41) is 3.09. The zero-order valence-corrected chi connectivity index (χ0v) is 16.2. The summed E-state index contributed by atoms with van der Waals surface area (Å²) in [7, 11) is 2.97. The Kier molecular flexibility index (Phi) is 8.25. The smallest absolute Gasteiger partial charge is 0.341 e. The van der Waals surface area contributed by atoms with Gasteiger partial charge in [0.25, 0.3) is 0 Å². The molecule has 0 aliphatic heterocycles. The number of ether oxygens (including phenoxy) is 2. The summed E-state index contributed by atoms with van der Waals surface area (Å²) >= 11 is 0. The summed E-state index contributed by atoms with van der Waals surface area (Å²) in [6, 6.07) is 14.8. The van der Waals surface area contributed by atoms with E-state index < -0.39 is 12.0 Å². The van der Waals surface area contributed by atoms with Crippen LogP contribution in [-0.2, 0) is 16.0 Å². The molecule has 0 aromatic heterocycles. The van der Waals surface area contributed by atoms with Crippen LogP contribution in [0.2, 0.25) is 0 Å². The van der Waals surface area contributed by atoms with E-state index >= 15 is 0 Å². The number of methoxy groups -OCH3 is 2. The molecular formula is C23H27NO3. The van der Waals surface area contributed by atoms with Crippen LogP contribution in [0.1, 0.15) is 37.3 Å². The fraction of sp³-hybridized carbons (Fsp3) is 0.348. The maximum Gasteiger partial charge on any atom is 0.341 e. The van der Waals surface area contributed by atoms with Crippen LogP contribution >= 0.6 is 0 Å². The van der Waals surface area contributed by atoms with Gasteiger partial charge in [0.1, 0.15) is 5.75 Å². The molecule has 2 rings (SSSR count). The predicted molar refractivity (Wildman–Crippen MR) is 109 cm³/mol. The number of esters is 1. The first-order valence-corrected chi connectivity index (χ1v) is 9.25. The van der Waals surface area contributed by atoms with Gasteiger partial charge in [-0.05, 0) is 54.8 Å². The molecule has 0 radical (unpaired) electrons. The third kappa shape index (κ3) is 6.71. The summed E-state index contributed by atoms with van der Waals surface area (Å²) in [6.45, 7) is 2.20.